The minimum absolute atomic E-state index is 0.703. The zero-order valence-corrected chi connectivity index (χ0v) is 11.7. The lowest BCUT2D eigenvalue weighted by Crippen LogP contribution is -2.48. The molecule has 1 N–H and O–H groups in total. The van der Waals surface area contributed by atoms with Crippen LogP contribution in [0.25, 0.3) is 0 Å². The Morgan fingerprint density at radius 1 is 1.35 bits per heavy atom. The lowest BCUT2D eigenvalue weighted by Gasteiger charge is -2.43. The van der Waals surface area contributed by atoms with Crippen LogP contribution in [0.1, 0.15) is 50.1 Å². The molecule has 3 heteroatoms. The van der Waals surface area contributed by atoms with Crippen LogP contribution in [-0.2, 0) is 6.54 Å². The number of nitrogens with zero attached hydrogens (tertiary/aromatic N) is 2. The molecule has 1 fully saturated rings. The van der Waals surface area contributed by atoms with Crippen molar-refractivity contribution in [1.29, 1.82) is 0 Å². The molecule has 3 atom stereocenters. The average Bonchev–Trinajstić information content (AvgIpc) is 2.59. The Morgan fingerprint density at radius 3 is 2.53 bits per heavy atom. The molecule has 0 aromatic carbocycles. The fraction of sp³-hybridized carbons (Fsp3) is 0.786. The van der Waals surface area contributed by atoms with Crippen LogP contribution in [0.2, 0.25) is 0 Å². The summed E-state index contributed by atoms with van der Waals surface area (Å²) in [6.45, 7) is 13.1. The Labute approximate surface area is 105 Å². The van der Waals surface area contributed by atoms with Crippen molar-refractivity contribution in [2.24, 2.45) is 5.92 Å². The van der Waals surface area contributed by atoms with Crippen molar-refractivity contribution in [3.8, 4) is 0 Å². The van der Waals surface area contributed by atoms with Gasteiger partial charge in [-0.25, -0.2) is 0 Å². The molecule has 0 saturated heterocycles. The second-order valence-corrected chi connectivity index (χ2v) is 5.27. The Bertz CT molecular complexity index is 394. The highest BCUT2D eigenvalue weighted by Crippen LogP contribution is 2.44. The molecule has 0 radical (unpaired) electrons. The Hall–Kier alpha value is -0.830. The fourth-order valence-corrected chi connectivity index (χ4v) is 3.25. The summed E-state index contributed by atoms with van der Waals surface area (Å²) in [5.41, 5.74) is 4.11. The van der Waals surface area contributed by atoms with Crippen molar-refractivity contribution in [2.75, 3.05) is 6.54 Å². The van der Waals surface area contributed by atoms with E-state index in [0.717, 1.165) is 19.0 Å². The van der Waals surface area contributed by atoms with Gasteiger partial charge in [-0.05, 0) is 51.1 Å². The van der Waals surface area contributed by atoms with Gasteiger partial charge in [0.1, 0.15) is 0 Å². The molecule has 0 spiro atoms. The summed E-state index contributed by atoms with van der Waals surface area (Å²) >= 11 is 0. The van der Waals surface area contributed by atoms with Crippen LogP contribution in [0.15, 0.2) is 0 Å². The topological polar surface area (TPSA) is 29.9 Å². The fourth-order valence-electron chi connectivity index (χ4n) is 3.25. The molecule has 17 heavy (non-hydrogen) atoms. The number of hydrogen-bond acceptors (Lipinski definition) is 2. The average molecular weight is 235 g/mol. The molecule has 1 aromatic heterocycles. The molecule has 1 heterocycles. The van der Waals surface area contributed by atoms with E-state index in [1.165, 1.54) is 23.4 Å². The Kier molecular flexibility index (Phi) is 3.57. The zero-order valence-electron chi connectivity index (χ0n) is 11.7. The maximum absolute atomic E-state index is 4.63. The molecule has 1 aliphatic rings. The van der Waals surface area contributed by atoms with Crippen LogP contribution in [0.4, 0.5) is 0 Å². The normalized spacial score (nSPS) is 28.2. The minimum atomic E-state index is 0.703. The van der Waals surface area contributed by atoms with Crippen LogP contribution in [0.5, 0.6) is 0 Å². The standard InChI is InChI=1S/C14H25N3/c1-6-15-13-8-12(9(13)3)14-10(4)16-17(7-2)11(14)5/h9,12-13,15H,6-8H2,1-5H3. The minimum Gasteiger partial charge on any atom is -0.314 e. The van der Waals surface area contributed by atoms with Gasteiger partial charge >= 0.3 is 0 Å². The molecule has 0 amide bonds. The van der Waals surface area contributed by atoms with Crippen molar-refractivity contribution < 1.29 is 0 Å². The van der Waals surface area contributed by atoms with Gasteiger partial charge in [0.05, 0.1) is 5.69 Å². The van der Waals surface area contributed by atoms with E-state index < -0.39 is 0 Å². The van der Waals surface area contributed by atoms with E-state index >= 15 is 0 Å². The number of aromatic nitrogens is 2. The smallest absolute Gasteiger partial charge is 0.0631 e. The predicted molar refractivity (Wildman–Crippen MR) is 71.4 cm³/mol. The molecule has 96 valence electrons. The summed E-state index contributed by atoms with van der Waals surface area (Å²) in [5, 5.41) is 8.20. The van der Waals surface area contributed by atoms with E-state index in [-0.39, 0.29) is 0 Å². The van der Waals surface area contributed by atoms with E-state index in [0.29, 0.717) is 12.0 Å². The van der Waals surface area contributed by atoms with Crippen LogP contribution < -0.4 is 5.32 Å². The molecule has 0 aliphatic heterocycles. The van der Waals surface area contributed by atoms with Gasteiger partial charge in [-0.1, -0.05) is 13.8 Å². The number of nitrogens with one attached hydrogen (secondary N) is 1. The summed E-state index contributed by atoms with van der Waals surface area (Å²) in [5.74, 6) is 1.45. The van der Waals surface area contributed by atoms with Crippen LogP contribution in [-0.4, -0.2) is 22.4 Å². The van der Waals surface area contributed by atoms with Gasteiger partial charge in [-0.15, -0.1) is 0 Å². The largest absolute Gasteiger partial charge is 0.314 e. The third-order valence-electron chi connectivity index (χ3n) is 4.35. The highest BCUT2D eigenvalue weighted by Gasteiger charge is 2.40. The molecule has 1 aromatic rings. The van der Waals surface area contributed by atoms with E-state index in [1.54, 1.807) is 0 Å². The molecule has 1 aliphatic carbocycles. The Morgan fingerprint density at radius 2 is 2.06 bits per heavy atom. The summed E-state index contributed by atoms with van der Waals surface area (Å²) in [7, 11) is 0. The quantitative estimate of drug-likeness (QED) is 0.869. The first-order chi connectivity index (χ1) is 8.10. The third-order valence-corrected chi connectivity index (χ3v) is 4.35. The van der Waals surface area contributed by atoms with Gasteiger partial charge in [0.15, 0.2) is 0 Å². The molecule has 3 nitrogen and oxygen atoms in total. The second-order valence-electron chi connectivity index (χ2n) is 5.27. The second kappa shape index (κ2) is 4.81. The monoisotopic (exact) mass is 235 g/mol. The van der Waals surface area contributed by atoms with Crippen molar-refractivity contribution in [1.82, 2.24) is 15.1 Å². The Balaban J connectivity index is 2.17. The maximum atomic E-state index is 4.63. The van der Waals surface area contributed by atoms with Crippen molar-refractivity contribution >= 4 is 0 Å². The van der Waals surface area contributed by atoms with Crippen molar-refractivity contribution in [2.45, 2.75) is 59.5 Å². The lowest BCUT2D eigenvalue weighted by molar-refractivity contribution is 0.186. The molecule has 0 bridgehead atoms. The molecular formula is C14H25N3. The van der Waals surface area contributed by atoms with Gasteiger partial charge < -0.3 is 5.32 Å². The number of aryl methyl sites for hydroxylation is 2. The van der Waals surface area contributed by atoms with Crippen molar-refractivity contribution in [3.05, 3.63) is 17.0 Å². The van der Waals surface area contributed by atoms with Gasteiger partial charge in [-0.2, -0.15) is 5.10 Å². The summed E-state index contributed by atoms with van der Waals surface area (Å²) < 4.78 is 2.14. The van der Waals surface area contributed by atoms with Gasteiger partial charge in [0.25, 0.3) is 0 Å². The van der Waals surface area contributed by atoms with Crippen LogP contribution in [0, 0.1) is 19.8 Å². The van der Waals surface area contributed by atoms with E-state index in [4.69, 9.17) is 0 Å². The van der Waals surface area contributed by atoms with E-state index in [1.807, 2.05) is 0 Å². The first-order valence-corrected chi connectivity index (χ1v) is 6.87. The van der Waals surface area contributed by atoms with E-state index in [2.05, 4.69) is 49.7 Å². The third kappa shape index (κ3) is 2.01. The first-order valence-electron chi connectivity index (χ1n) is 6.87. The number of hydrogen-bond donors (Lipinski definition) is 1. The SMILES string of the molecule is CCNC1CC(c2c(C)nn(CC)c2C)C1C. The number of rotatable bonds is 4. The highest BCUT2D eigenvalue weighted by molar-refractivity contribution is 5.32. The predicted octanol–water partition coefficient (Wildman–Crippen LogP) is 2.62. The highest BCUT2D eigenvalue weighted by atomic mass is 15.3. The van der Waals surface area contributed by atoms with Crippen LogP contribution in [0.3, 0.4) is 0 Å². The zero-order chi connectivity index (χ0) is 12.6. The van der Waals surface area contributed by atoms with Gasteiger partial charge in [0, 0.05) is 18.3 Å². The maximum Gasteiger partial charge on any atom is 0.0631 e. The van der Waals surface area contributed by atoms with Gasteiger partial charge in [-0.3, -0.25) is 4.68 Å². The van der Waals surface area contributed by atoms with Crippen molar-refractivity contribution in [3.63, 3.8) is 0 Å². The molecule has 2 rings (SSSR count). The van der Waals surface area contributed by atoms with E-state index in [9.17, 15) is 0 Å². The summed E-state index contributed by atoms with van der Waals surface area (Å²) in [6.07, 6.45) is 1.27. The molecule has 3 unspecified atom stereocenters. The molecule has 1 saturated carbocycles. The molecular weight excluding hydrogens is 210 g/mol. The first kappa shape index (κ1) is 12.6. The lowest BCUT2D eigenvalue weighted by atomic mass is 9.66. The summed E-state index contributed by atoms with van der Waals surface area (Å²) in [6, 6.07) is 0.703. The summed E-state index contributed by atoms with van der Waals surface area (Å²) in [4.78, 5) is 0. The van der Waals surface area contributed by atoms with Gasteiger partial charge in [0.2, 0.25) is 0 Å². The van der Waals surface area contributed by atoms with Crippen LogP contribution >= 0.6 is 0 Å².